The monoisotopic (exact) mass is 389 g/mol. The average Bonchev–Trinajstić information content (AvgIpc) is 3.20. The number of hydrogen-bond acceptors (Lipinski definition) is 6. The molecule has 142 valence electrons. The molecule has 2 aliphatic rings. The van der Waals surface area contributed by atoms with E-state index in [0.717, 1.165) is 60.8 Å². The maximum Gasteiger partial charge on any atom is 0.162 e. The van der Waals surface area contributed by atoms with Crippen LogP contribution in [0.15, 0.2) is 59.6 Å². The highest BCUT2D eigenvalue weighted by Crippen LogP contribution is 2.29. The van der Waals surface area contributed by atoms with Crippen LogP contribution in [-0.2, 0) is 0 Å². The number of aromatic nitrogens is 2. The summed E-state index contributed by atoms with van der Waals surface area (Å²) in [5.41, 5.74) is 2.05. The van der Waals surface area contributed by atoms with Gasteiger partial charge in [-0.25, -0.2) is 9.97 Å². The predicted octanol–water partition coefficient (Wildman–Crippen LogP) is 3.91. The zero-order valence-electron chi connectivity index (χ0n) is 16.0. The fourth-order valence-corrected chi connectivity index (χ4v) is 4.75. The fourth-order valence-electron chi connectivity index (χ4n) is 3.76. The summed E-state index contributed by atoms with van der Waals surface area (Å²) < 4.78 is 0. The Hall–Kier alpha value is -2.60. The van der Waals surface area contributed by atoms with Crippen LogP contribution < -0.4 is 4.90 Å². The summed E-state index contributed by atoms with van der Waals surface area (Å²) in [7, 11) is 0. The van der Waals surface area contributed by atoms with Crippen LogP contribution >= 0.6 is 11.8 Å². The van der Waals surface area contributed by atoms with Crippen LogP contribution in [0.3, 0.4) is 0 Å². The Morgan fingerprint density at radius 2 is 1.57 bits per heavy atom. The first kappa shape index (κ1) is 17.5. The van der Waals surface area contributed by atoms with E-state index in [2.05, 4.69) is 47.1 Å². The van der Waals surface area contributed by atoms with Gasteiger partial charge in [-0.2, -0.15) is 0 Å². The van der Waals surface area contributed by atoms with Crippen molar-refractivity contribution in [3.05, 3.63) is 54.6 Å². The first-order valence-corrected chi connectivity index (χ1v) is 10.7. The zero-order chi connectivity index (χ0) is 18.9. The highest BCUT2D eigenvalue weighted by Gasteiger charge is 2.26. The molecular weight excluding hydrogens is 366 g/mol. The van der Waals surface area contributed by atoms with E-state index in [4.69, 9.17) is 15.0 Å². The van der Waals surface area contributed by atoms with Gasteiger partial charge >= 0.3 is 0 Å². The largest absolute Gasteiger partial charge is 0.352 e. The molecule has 6 heteroatoms. The average molecular weight is 390 g/mol. The molecule has 0 spiro atoms. The quantitative estimate of drug-likeness (QED) is 0.665. The number of anilines is 1. The Kier molecular flexibility index (Phi) is 4.64. The van der Waals surface area contributed by atoms with E-state index in [0.29, 0.717) is 5.25 Å². The number of aliphatic imine (C=N–C) groups is 1. The van der Waals surface area contributed by atoms with Gasteiger partial charge in [0.15, 0.2) is 11.0 Å². The maximum atomic E-state index is 4.99. The minimum Gasteiger partial charge on any atom is -0.352 e. The molecule has 5 nitrogen and oxygen atoms in total. The van der Waals surface area contributed by atoms with Gasteiger partial charge in [-0.15, -0.1) is 0 Å². The van der Waals surface area contributed by atoms with Crippen LogP contribution in [0.5, 0.6) is 0 Å². The van der Waals surface area contributed by atoms with Crippen LogP contribution in [0.25, 0.3) is 22.3 Å². The number of rotatable bonds is 2. The van der Waals surface area contributed by atoms with Gasteiger partial charge in [0.1, 0.15) is 5.82 Å². The van der Waals surface area contributed by atoms with Crippen LogP contribution in [0.1, 0.15) is 6.92 Å². The van der Waals surface area contributed by atoms with E-state index in [-0.39, 0.29) is 0 Å². The maximum absolute atomic E-state index is 4.99. The first-order valence-electron chi connectivity index (χ1n) is 9.81. The van der Waals surface area contributed by atoms with E-state index in [9.17, 15) is 0 Å². The van der Waals surface area contributed by atoms with Gasteiger partial charge < -0.3 is 9.80 Å². The Labute approximate surface area is 169 Å². The van der Waals surface area contributed by atoms with Crippen molar-refractivity contribution in [2.24, 2.45) is 4.99 Å². The summed E-state index contributed by atoms with van der Waals surface area (Å²) in [5, 5.41) is 2.94. The minimum absolute atomic E-state index is 0.604. The van der Waals surface area contributed by atoms with Crippen molar-refractivity contribution in [2.45, 2.75) is 12.2 Å². The zero-order valence-corrected chi connectivity index (χ0v) is 16.8. The molecule has 1 saturated heterocycles. The molecule has 0 bridgehead atoms. The lowest BCUT2D eigenvalue weighted by Crippen LogP contribution is -2.48. The molecule has 28 heavy (non-hydrogen) atoms. The molecule has 0 saturated carbocycles. The standard InChI is InChI=1S/C22H23N5S/c1-16-15-23-22(28-16)27-13-11-26(12-14-27)21-18-9-5-6-10-19(18)24-20(25-21)17-7-3-2-4-8-17/h2-10,16H,11-15H2,1H3. The molecule has 2 aliphatic heterocycles. The lowest BCUT2D eigenvalue weighted by atomic mass is 10.1. The van der Waals surface area contributed by atoms with Crippen LogP contribution in [0.2, 0.25) is 0 Å². The fraction of sp³-hybridized carbons (Fsp3) is 0.318. The van der Waals surface area contributed by atoms with Crippen molar-refractivity contribution in [3.8, 4) is 11.4 Å². The molecular formula is C22H23N5S. The Balaban J connectivity index is 1.45. The molecule has 5 rings (SSSR count). The highest BCUT2D eigenvalue weighted by molar-refractivity contribution is 8.14. The number of piperazine rings is 1. The summed E-state index contributed by atoms with van der Waals surface area (Å²) in [6.07, 6.45) is 0. The van der Waals surface area contributed by atoms with Gasteiger partial charge in [0, 0.05) is 42.4 Å². The molecule has 3 heterocycles. The van der Waals surface area contributed by atoms with Crippen LogP contribution in [0, 0.1) is 0 Å². The number of para-hydroxylation sites is 1. The third-order valence-corrected chi connectivity index (χ3v) is 6.40. The van der Waals surface area contributed by atoms with E-state index in [1.807, 2.05) is 36.0 Å². The molecule has 3 aromatic rings. The molecule has 0 N–H and O–H groups in total. The van der Waals surface area contributed by atoms with E-state index >= 15 is 0 Å². The number of hydrogen-bond donors (Lipinski definition) is 0. The number of thioether (sulfide) groups is 1. The minimum atomic E-state index is 0.604. The van der Waals surface area contributed by atoms with Crippen molar-refractivity contribution in [3.63, 3.8) is 0 Å². The molecule has 0 amide bonds. The summed E-state index contributed by atoms with van der Waals surface area (Å²) in [4.78, 5) is 19.3. The van der Waals surface area contributed by atoms with Gasteiger partial charge in [0.05, 0.1) is 12.1 Å². The van der Waals surface area contributed by atoms with Gasteiger partial charge in [0.2, 0.25) is 0 Å². The van der Waals surface area contributed by atoms with Crippen molar-refractivity contribution in [1.82, 2.24) is 14.9 Å². The summed E-state index contributed by atoms with van der Waals surface area (Å²) >= 11 is 1.90. The Morgan fingerprint density at radius 1 is 0.857 bits per heavy atom. The molecule has 1 unspecified atom stereocenters. The third-order valence-electron chi connectivity index (χ3n) is 5.26. The normalized spacial score (nSPS) is 19.9. The van der Waals surface area contributed by atoms with E-state index in [1.54, 1.807) is 0 Å². The second-order valence-corrected chi connectivity index (χ2v) is 8.69. The molecule has 1 fully saturated rings. The van der Waals surface area contributed by atoms with Gasteiger partial charge in [-0.05, 0) is 12.1 Å². The lowest BCUT2D eigenvalue weighted by Gasteiger charge is -2.36. The summed E-state index contributed by atoms with van der Waals surface area (Å²) in [5.74, 6) is 1.83. The number of benzene rings is 2. The van der Waals surface area contributed by atoms with Crippen LogP contribution in [-0.4, -0.2) is 58.0 Å². The SMILES string of the molecule is CC1CN=C(N2CCN(c3nc(-c4ccccc4)nc4ccccc34)CC2)S1. The van der Waals surface area contributed by atoms with Crippen molar-refractivity contribution < 1.29 is 0 Å². The molecule has 0 radical (unpaired) electrons. The second-order valence-electron chi connectivity index (χ2n) is 7.28. The van der Waals surface area contributed by atoms with Crippen molar-refractivity contribution in [2.75, 3.05) is 37.6 Å². The van der Waals surface area contributed by atoms with Gasteiger partial charge in [-0.3, -0.25) is 4.99 Å². The third kappa shape index (κ3) is 3.33. The highest BCUT2D eigenvalue weighted by atomic mass is 32.2. The van der Waals surface area contributed by atoms with Crippen LogP contribution in [0.4, 0.5) is 5.82 Å². The first-order chi connectivity index (χ1) is 13.8. The van der Waals surface area contributed by atoms with E-state index < -0.39 is 0 Å². The Bertz CT molecular complexity index is 1010. The molecule has 1 atom stereocenters. The number of nitrogens with zero attached hydrogens (tertiary/aromatic N) is 5. The molecule has 2 aromatic carbocycles. The predicted molar refractivity (Wildman–Crippen MR) is 118 cm³/mol. The number of amidine groups is 1. The smallest absolute Gasteiger partial charge is 0.162 e. The Morgan fingerprint density at radius 3 is 2.32 bits per heavy atom. The summed E-state index contributed by atoms with van der Waals surface area (Å²) in [6.45, 7) is 7.05. The lowest BCUT2D eigenvalue weighted by molar-refractivity contribution is 0.391. The van der Waals surface area contributed by atoms with E-state index in [1.165, 1.54) is 5.17 Å². The molecule has 0 aliphatic carbocycles. The number of fused-ring (bicyclic) bond motifs is 1. The topological polar surface area (TPSA) is 44.6 Å². The summed E-state index contributed by atoms with van der Waals surface area (Å²) in [6, 6.07) is 18.6. The van der Waals surface area contributed by atoms with Crippen molar-refractivity contribution in [1.29, 1.82) is 0 Å². The van der Waals surface area contributed by atoms with Gasteiger partial charge in [-0.1, -0.05) is 61.2 Å². The molecule has 1 aromatic heterocycles. The second kappa shape index (κ2) is 7.43. The van der Waals surface area contributed by atoms with Gasteiger partial charge in [0.25, 0.3) is 0 Å². The van der Waals surface area contributed by atoms with Crippen molar-refractivity contribution >= 4 is 33.7 Å².